The molecule has 1 fully saturated rings. The number of rotatable bonds is 5. The van der Waals surface area contributed by atoms with Crippen LogP contribution in [0.5, 0.6) is 11.5 Å². The van der Waals surface area contributed by atoms with Crippen LogP contribution < -0.4 is 9.47 Å². The van der Waals surface area contributed by atoms with E-state index in [9.17, 15) is 0 Å². The van der Waals surface area contributed by atoms with Gasteiger partial charge in [-0.15, -0.1) is 11.3 Å². The van der Waals surface area contributed by atoms with Crippen molar-refractivity contribution in [3.05, 3.63) is 59.5 Å². The third-order valence-electron chi connectivity index (χ3n) is 5.51. The van der Waals surface area contributed by atoms with Crippen LogP contribution >= 0.6 is 11.3 Å². The van der Waals surface area contributed by atoms with Gasteiger partial charge in [-0.3, -0.25) is 0 Å². The van der Waals surface area contributed by atoms with Crippen LogP contribution in [0.1, 0.15) is 42.9 Å². The van der Waals surface area contributed by atoms with Gasteiger partial charge in [-0.25, -0.2) is 0 Å². The molecule has 0 unspecified atom stereocenters. The summed E-state index contributed by atoms with van der Waals surface area (Å²) in [6.07, 6.45) is 6.75. The van der Waals surface area contributed by atoms with Gasteiger partial charge in [-0.2, -0.15) is 0 Å². The van der Waals surface area contributed by atoms with E-state index in [1.54, 1.807) is 14.2 Å². The highest BCUT2D eigenvalue weighted by Gasteiger charge is 2.21. The highest BCUT2D eigenvalue weighted by Crippen LogP contribution is 2.45. The van der Waals surface area contributed by atoms with E-state index in [-0.39, 0.29) is 0 Å². The third kappa shape index (κ3) is 3.89. The van der Waals surface area contributed by atoms with Gasteiger partial charge < -0.3 is 9.47 Å². The lowest BCUT2D eigenvalue weighted by Crippen LogP contribution is -2.02. The molecule has 1 aliphatic rings. The topological polar surface area (TPSA) is 18.5 Å². The van der Waals surface area contributed by atoms with Crippen LogP contribution in [-0.4, -0.2) is 14.2 Å². The first-order chi connectivity index (χ1) is 13.3. The van der Waals surface area contributed by atoms with E-state index in [2.05, 4.69) is 30.3 Å². The van der Waals surface area contributed by atoms with Crippen molar-refractivity contribution in [1.82, 2.24) is 0 Å². The van der Waals surface area contributed by atoms with Gasteiger partial charge in [0.1, 0.15) is 11.5 Å². The predicted molar refractivity (Wildman–Crippen MR) is 114 cm³/mol. The minimum absolute atomic E-state index is 0.716. The smallest absolute Gasteiger partial charge is 0.118 e. The zero-order chi connectivity index (χ0) is 18.6. The van der Waals surface area contributed by atoms with E-state index in [0.29, 0.717) is 5.92 Å². The maximum absolute atomic E-state index is 5.34. The summed E-state index contributed by atoms with van der Waals surface area (Å²) in [6, 6.07) is 19.3. The van der Waals surface area contributed by atoms with E-state index in [4.69, 9.17) is 9.47 Å². The fourth-order valence-corrected chi connectivity index (χ4v) is 5.30. The van der Waals surface area contributed by atoms with Crippen molar-refractivity contribution in [3.8, 4) is 33.1 Å². The van der Waals surface area contributed by atoms with Crippen LogP contribution in [-0.2, 0) is 0 Å². The maximum Gasteiger partial charge on any atom is 0.118 e. The largest absolute Gasteiger partial charge is 0.497 e. The molecule has 1 saturated carbocycles. The molecule has 3 heteroatoms. The second-order valence-corrected chi connectivity index (χ2v) is 8.27. The van der Waals surface area contributed by atoms with Crippen LogP contribution in [0.15, 0.2) is 54.6 Å². The number of methoxy groups -OCH3 is 2. The summed E-state index contributed by atoms with van der Waals surface area (Å²) in [7, 11) is 3.42. The Kier molecular flexibility index (Phi) is 5.49. The molecule has 1 aromatic heterocycles. The van der Waals surface area contributed by atoms with E-state index in [1.165, 1.54) is 58.5 Å². The van der Waals surface area contributed by atoms with Gasteiger partial charge in [-0.1, -0.05) is 31.4 Å². The molecule has 0 bridgehead atoms. The molecule has 27 heavy (non-hydrogen) atoms. The Morgan fingerprint density at radius 2 is 1.30 bits per heavy atom. The summed E-state index contributed by atoms with van der Waals surface area (Å²) in [5.41, 5.74) is 3.84. The Morgan fingerprint density at radius 3 is 1.85 bits per heavy atom. The van der Waals surface area contributed by atoms with Crippen molar-refractivity contribution < 1.29 is 9.47 Å². The number of hydrogen-bond donors (Lipinski definition) is 0. The molecular weight excluding hydrogens is 352 g/mol. The lowest BCUT2D eigenvalue weighted by Gasteiger charge is -2.20. The number of ether oxygens (including phenoxy) is 2. The van der Waals surface area contributed by atoms with Crippen molar-refractivity contribution in [2.45, 2.75) is 38.0 Å². The second-order valence-electron chi connectivity index (χ2n) is 7.18. The molecule has 1 heterocycles. The van der Waals surface area contributed by atoms with Crippen molar-refractivity contribution in [2.75, 3.05) is 14.2 Å². The molecule has 0 aliphatic heterocycles. The first kappa shape index (κ1) is 18.1. The highest BCUT2D eigenvalue weighted by molar-refractivity contribution is 7.16. The van der Waals surface area contributed by atoms with Crippen LogP contribution in [0, 0.1) is 0 Å². The normalized spacial score (nSPS) is 14.9. The summed E-state index contributed by atoms with van der Waals surface area (Å²) >= 11 is 1.97. The molecule has 3 aromatic rings. The number of hydrogen-bond acceptors (Lipinski definition) is 3. The van der Waals surface area contributed by atoms with Crippen molar-refractivity contribution in [1.29, 1.82) is 0 Å². The van der Waals surface area contributed by atoms with Gasteiger partial charge in [0.2, 0.25) is 0 Å². The lowest BCUT2D eigenvalue weighted by atomic mass is 9.87. The van der Waals surface area contributed by atoms with Crippen molar-refractivity contribution in [3.63, 3.8) is 0 Å². The quantitative estimate of drug-likeness (QED) is 0.469. The molecule has 140 valence electrons. The van der Waals surface area contributed by atoms with Crippen LogP contribution in [0.3, 0.4) is 0 Å². The molecular formula is C24H26O2S. The molecule has 0 N–H and O–H groups in total. The fraction of sp³-hybridized carbons (Fsp3) is 0.333. The number of benzene rings is 2. The Bertz CT molecular complexity index is 807. The average molecular weight is 379 g/mol. The zero-order valence-electron chi connectivity index (χ0n) is 16.0. The van der Waals surface area contributed by atoms with Gasteiger partial charge in [0.15, 0.2) is 0 Å². The highest BCUT2D eigenvalue weighted by atomic mass is 32.1. The van der Waals surface area contributed by atoms with Gasteiger partial charge in [0.25, 0.3) is 0 Å². The summed E-state index contributed by atoms with van der Waals surface area (Å²) in [4.78, 5) is 2.88. The van der Waals surface area contributed by atoms with Crippen molar-refractivity contribution in [2.24, 2.45) is 0 Å². The average Bonchev–Trinajstić information content (AvgIpc) is 3.20. The first-order valence-corrected chi connectivity index (χ1v) is 10.5. The van der Waals surface area contributed by atoms with Gasteiger partial charge >= 0.3 is 0 Å². The van der Waals surface area contributed by atoms with Crippen molar-refractivity contribution >= 4 is 11.3 Å². The van der Waals surface area contributed by atoms with E-state index < -0.39 is 0 Å². The van der Waals surface area contributed by atoms with Crippen LogP contribution in [0.25, 0.3) is 21.6 Å². The van der Waals surface area contributed by atoms with Gasteiger partial charge in [-0.05, 0) is 72.4 Å². The molecule has 2 nitrogen and oxygen atoms in total. The predicted octanol–water partition coefficient (Wildman–Crippen LogP) is 7.15. The SMILES string of the molecule is COc1ccc(-c2cc(C3CCCCC3)sc2-c2ccc(OC)cc2)cc1. The van der Waals surface area contributed by atoms with E-state index in [1.807, 2.05) is 35.6 Å². The standard InChI is InChI=1S/C24H26O2S/c1-25-20-12-8-17(9-13-20)22-16-23(18-6-4-3-5-7-18)27-24(22)19-10-14-21(26-2)15-11-19/h8-16,18H,3-7H2,1-2H3. The molecule has 0 spiro atoms. The molecule has 0 atom stereocenters. The minimum atomic E-state index is 0.716. The van der Waals surface area contributed by atoms with Gasteiger partial charge in [0.05, 0.1) is 14.2 Å². The molecule has 0 radical (unpaired) electrons. The molecule has 4 rings (SSSR count). The fourth-order valence-electron chi connectivity index (χ4n) is 3.94. The summed E-state index contributed by atoms with van der Waals surface area (Å²) in [6.45, 7) is 0. The molecule has 0 amide bonds. The monoisotopic (exact) mass is 378 g/mol. The maximum atomic E-state index is 5.34. The number of thiophene rings is 1. The Hall–Kier alpha value is -2.26. The first-order valence-electron chi connectivity index (χ1n) is 9.71. The van der Waals surface area contributed by atoms with Crippen LogP contribution in [0.2, 0.25) is 0 Å². The second kappa shape index (κ2) is 8.18. The summed E-state index contributed by atoms with van der Waals surface area (Å²) in [5.74, 6) is 2.51. The molecule has 1 aliphatic carbocycles. The minimum Gasteiger partial charge on any atom is -0.497 e. The Balaban J connectivity index is 1.77. The van der Waals surface area contributed by atoms with E-state index in [0.717, 1.165) is 11.5 Å². The van der Waals surface area contributed by atoms with Crippen LogP contribution in [0.4, 0.5) is 0 Å². The van der Waals surface area contributed by atoms with E-state index >= 15 is 0 Å². The zero-order valence-corrected chi connectivity index (χ0v) is 16.9. The summed E-state index contributed by atoms with van der Waals surface area (Å²) in [5, 5.41) is 0. The molecule has 2 aromatic carbocycles. The molecule has 0 saturated heterocycles. The lowest BCUT2D eigenvalue weighted by molar-refractivity contribution is 0.414. The van der Waals surface area contributed by atoms with Gasteiger partial charge in [0, 0.05) is 15.3 Å². The third-order valence-corrected chi connectivity index (χ3v) is 6.86. The Labute approximate surface area is 165 Å². The summed E-state index contributed by atoms with van der Waals surface area (Å²) < 4.78 is 10.7. The Morgan fingerprint density at radius 1 is 0.741 bits per heavy atom.